The molecule has 0 aliphatic carbocycles. The van der Waals surface area contributed by atoms with E-state index in [0.717, 1.165) is 24.8 Å². The summed E-state index contributed by atoms with van der Waals surface area (Å²) in [5, 5.41) is 12.0. The molecule has 0 radical (unpaired) electrons. The first-order chi connectivity index (χ1) is 19.0. The zero-order valence-electron chi connectivity index (χ0n) is 21.4. The number of hydrogen-bond donors (Lipinski definition) is 4. The summed E-state index contributed by atoms with van der Waals surface area (Å²) >= 11 is 0. The summed E-state index contributed by atoms with van der Waals surface area (Å²) in [4.78, 5) is 39.1. The summed E-state index contributed by atoms with van der Waals surface area (Å²) in [5.74, 6) is -0.600. The highest BCUT2D eigenvalue weighted by Crippen LogP contribution is 2.28. The molecule has 0 atom stereocenters. The lowest BCUT2D eigenvalue weighted by Crippen LogP contribution is -2.27. The highest BCUT2D eigenvalue weighted by molar-refractivity contribution is 6.12. The van der Waals surface area contributed by atoms with Crippen molar-refractivity contribution < 1.29 is 14.0 Å². The molecular formula is C29H28FN7O2. The number of aromatic nitrogens is 3. The molecule has 39 heavy (non-hydrogen) atoms. The van der Waals surface area contributed by atoms with Gasteiger partial charge in [-0.25, -0.2) is 9.97 Å². The van der Waals surface area contributed by atoms with Crippen molar-refractivity contribution in [3.05, 3.63) is 89.6 Å². The standard InChI is InChI=1S/C29H28FN7O2/c1-18-16-34-29-36-24-15-20(17-33-25(24)30)19-10-11-22(23(14-19)28(39)35-21-8-4-2-5-9-21)27(38)32-13-7-3-6-12-31-26(18)37-29/h2,4-5,8-11,14-17H,3,6-7,12-13H2,1H3,(H,32,38)(H,35,39)(H2,31,34,36,37). The Labute approximate surface area is 225 Å². The van der Waals surface area contributed by atoms with Crippen LogP contribution in [0.2, 0.25) is 0 Å². The van der Waals surface area contributed by atoms with Gasteiger partial charge in [-0.15, -0.1) is 0 Å². The van der Waals surface area contributed by atoms with Crippen molar-refractivity contribution in [2.75, 3.05) is 29.0 Å². The third-order valence-corrected chi connectivity index (χ3v) is 6.36. The van der Waals surface area contributed by atoms with Crippen LogP contribution in [-0.4, -0.2) is 39.9 Å². The Morgan fingerprint density at radius 3 is 2.54 bits per heavy atom. The molecule has 2 aliphatic rings. The van der Waals surface area contributed by atoms with Gasteiger partial charge in [0.2, 0.25) is 11.9 Å². The van der Waals surface area contributed by atoms with E-state index in [1.54, 1.807) is 42.6 Å². The summed E-state index contributed by atoms with van der Waals surface area (Å²) in [6, 6.07) is 15.5. The first kappa shape index (κ1) is 25.8. The van der Waals surface area contributed by atoms with Crippen molar-refractivity contribution in [2.45, 2.75) is 26.2 Å². The zero-order chi connectivity index (χ0) is 27.2. The lowest BCUT2D eigenvalue weighted by Gasteiger charge is -2.14. The van der Waals surface area contributed by atoms with Crippen LogP contribution >= 0.6 is 0 Å². The number of rotatable bonds is 2. The van der Waals surface area contributed by atoms with Crippen molar-refractivity contribution >= 4 is 35.0 Å². The molecule has 4 aromatic rings. The van der Waals surface area contributed by atoms with Gasteiger partial charge in [0.15, 0.2) is 0 Å². The van der Waals surface area contributed by atoms with Gasteiger partial charge in [-0.3, -0.25) is 9.59 Å². The Balaban J connectivity index is 1.55. The van der Waals surface area contributed by atoms with Gasteiger partial charge in [0.1, 0.15) is 5.82 Å². The van der Waals surface area contributed by atoms with E-state index in [-0.39, 0.29) is 28.7 Å². The average molecular weight is 526 g/mol. The minimum Gasteiger partial charge on any atom is -0.370 e. The third-order valence-electron chi connectivity index (χ3n) is 6.36. The number of nitrogens with zero attached hydrogens (tertiary/aromatic N) is 3. The molecule has 2 aromatic heterocycles. The molecule has 4 N–H and O–H groups in total. The predicted octanol–water partition coefficient (Wildman–Crippen LogP) is 5.31. The Morgan fingerprint density at radius 1 is 0.923 bits per heavy atom. The van der Waals surface area contributed by atoms with Crippen LogP contribution in [0.4, 0.5) is 27.5 Å². The van der Waals surface area contributed by atoms with Crippen LogP contribution in [0.3, 0.4) is 0 Å². The maximum absolute atomic E-state index is 14.7. The SMILES string of the molecule is Cc1cnc2nc1NCCCCCNC(=O)c1ccc(cc1C(=O)Nc1ccccc1)-c1cnc(F)c(c1)N2. The number of fused-ring (bicyclic) bond motifs is 9. The molecule has 2 aromatic carbocycles. The summed E-state index contributed by atoms with van der Waals surface area (Å²) in [7, 11) is 0. The van der Waals surface area contributed by atoms with Gasteiger partial charge in [0, 0.05) is 42.3 Å². The molecule has 6 bridgehead atoms. The van der Waals surface area contributed by atoms with E-state index in [1.165, 1.54) is 6.20 Å². The normalized spacial score (nSPS) is 13.6. The van der Waals surface area contributed by atoms with Gasteiger partial charge in [0.25, 0.3) is 11.8 Å². The van der Waals surface area contributed by atoms with E-state index in [9.17, 15) is 14.0 Å². The first-order valence-corrected chi connectivity index (χ1v) is 12.8. The van der Waals surface area contributed by atoms with Gasteiger partial charge in [-0.1, -0.05) is 24.3 Å². The van der Waals surface area contributed by atoms with Crippen LogP contribution in [0.1, 0.15) is 45.5 Å². The number of aryl methyl sites for hydroxylation is 1. The van der Waals surface area contributed by atoms with Crippen LogP contribution in [0.5, 0.6) is 0 Å². The van der Waals surface area contributed by atoms with Gasteiger partial charge < -0.3 is 21.3 Å². The van der Waals surface area contributed by atoms with Crippen molar-refractivity contribution in [3.63, 3.8) is 0 Å². The molecule has 10 heteroatoms. The molecule has 198 valence electrons. The second-order valence-corrected chi connectivity index (χ2v) is 9.24. The first-order valence-electron chi connectivity index (χ1n) is 12.8. The number of hydrogen-bond acceptors (Lipinski definition) is 7. The van der Waals surface area contributed by atoms with Gasteiger partial charge in [0.05, 0.1) is 16.8 Å². The second-order valence-electron chi connectivity index (χ2n) is 9.24. The number of benzene rings is 2. The Hall–Kier alpha value is -4.86. The second kappa shape index (κ2) is 11.7. The molecule has 0 unspecified atom stereocenters. The fourth-order valence-electron chi connectivity index (χ4n) is 4.26. The Kier molecular flexibility index (Phi) is 7.72. The maximum atomic E-state index is 14.7. The van der Waals surface area contributed by atoms with Crippen LogP contribution in [0.25, 0.3) is 11.1 Å². The van der Waals surface area contributed by atoms with E-state index in [4.69, 9.17) is 0 Å². The molecule has 0 saturated heterocycles. The highest BCUT2D eigenvalue weighted by atomic mass is 19.1. The summed E-state index contributed by atoms with van der Waals surface area (Å²) in [6.07, 6.45) is 5.57. The van der Waals surface area contributed by atoms with Crippen LogP contribution in [0.15, 0.2) is 67.0 Å². The van der Waals surface area contributed by atoms with E-state index in [1.807, 2.05) is 25.1 Å². The van der Waals surface area contributed by atoms with Crippen molar-refractivity contribution in [2.24, 2.45) is 0 Å². The summed E-state index contributed by atoms with van der Waals surface area (Å²) in [6.45, 7) is 3.06. The fraction of sp³-hybridized carbons (Fsp3) is 0.207. The fourth-order valence-corrected chi connectivity index (χ4v) is 4.26. The molecular weight excluding hydrogens is 497 g/mol. The molecule has 6 rings (SSSR count). The molecule has 4 heterocycles. The summed E-state index contributed by atoms with van der Waals surface area (Å²) < 4.78 is 14.7. The number of halogens is 1. The minimum atomic E-state index is -0.721. The topological polar surface area (TPSA) is 121 Å². The van der Waals surface area contributed by atoms with Crippen LogP contribution in [0, 0.1) is 12.9 Å². The molecule has 0 saturated carbocycles. The highest BCUT2D eigenvalue weighted by Gasteiger charge is 2.19. The maximum Gasteiger partial charge on any atom is 0.256 e. The van der Waals surface area contributed by atoms with E-state index in [2.05, 4.69) is 36.2 Å². The van der Waals surface area contributed by atoms with Crippen molar-refractivity contribution in [1.82, 2.24) is 20.3 Å². The number of para-hydroxylation sites is 1. The molecule has 0 spiro atoms. The zero-order valence-corrected chi connectivity index (χ0v) is 21.4. The smallest absolute Gasteiger partial charge is 0.256 e. The van der Waals surface area contributed by atoms with Crippen LogP contribution in [-0.2, 0) is 0 Å². The summed E-state index contributed by atoms with van der Waals surface area (Å²) in [5.41, 5.74) is 3.13. The molecule has 9 nitrogen and oxygen atoms in total. The van der Waals surface area contributed by atoms with Crippen molar-refractivity contribution in [1.29, 1.82) is 0 Å². The third kappa shape index (κ3) is 6.18. The quantitative estimate of drug-likeness (QED) is 0.262. The Bertz CT molecular complexity index is 1510. The van der Waals surface area contributed by atoms with Gasteiger partial charge in [-0.2, -0.15) is 9.37 Å². The number of carbonyl (C=O) groups is 2. The van der Waals surface area contributed by atoms with Gasteiger partial charge >= 0.3 is 0 Å². The van der Waals surface area contributed by atoms with E-state index < -0.39 is 11.9 Å². The van der Waals surface area contributed by atoms with Gasteiger partial charge in [-0.05, 0) is 62.1 Å². The minimum absolute atomic E-state index is 0.0809. The lowest BCUT2D eigenvalue weighted by atomic mass is 9.98. The number of carbonyl (C=O) groups excluding carboxylic acids is 2. The van der Waals surface area contributed by atoms with Crippen molar-refractivity contribution in [3.8, 4) is 11.1 Å². The average Bonchev–Trinajstić information content (AvgIpc) is 2.95. The number of pyridine rings is 1. The molecule has 2 aliphatic heterocycles. The number of amides is 2. The largest absolute Gasteiger partial charge is 0.370 e. The van der Waals surface area contributed by atoms with E-state index in [0.29, 0.717) is 35.7 Å². The predicted molar refractivity (Wildman–Crippen MR) is 149 cm³/mol. The number of nitrogens with one attached hydrogen (secondary N) is 4. The molecule has 2 amide bonds. The lowest BCUT2D eigenvalue weighted by molar-refractivity contribution is 0.0940. The van der Waals surface area contributed by atoms with Crippen LogP contribution < -0.4 is 21.3 Å². The Morgan fingerprint density at radius 2 is 1.72 bits per heavy atom. The monoisotopic (exact) mass is 525 g/mol. The molecule has 0 fully saturated rings. The number of anilines is 4. The van der Waals surface area contributed by atoms with E-state index >= 15 is 0 Å².